The van der Waals surface area contributed by atoms with Gasteiger partial charge in [-0.25, -0.2) is 4.79 Å². The van der Waals surface area contributed by atoms with Gasteiger partial charge in [0.15, 0.2) is 0 Å². The van der Waals surface area contributed by atoms with Gasteiger partial charge in [0.2, 0.25) is 0 Å². The Bertz CT molecular complexity index is 1410. The number of pyridine rings is 1. The number of aliphatic carboxylic acids is 1. The van der Waals surface area contributed by atoms with Gasteiger partial charge in [0.1, 0.15) is 6.04 Å². The number of aryl methyl sites for hydroxylation is 1. The van der Waals surface area contributed by atoms with Crippen LogP contribution >= 0.6 is 0 Å². The van der Waals surface area contributed by atoms with Crippen molar-refractivity contribution in [3.8, 4) is 0 Å². The molecule has 0 saturated carbocycles. The first kappa shape index (κ1) is 23.6. The zero-order chi connectivity index (χ0) is 24.9. The summed E-state index contributed by atoms with van der Waals surface area (Å²) >= 11 is 0. The number of nitrogens with zero attached hydrogens (tertiary/aromatic N) is 1. The number of nitrogens with one attached hydrogen (secondary N) is 2. The van der Waals surface area contributed by atoms with Crippen LogP contribution in [0.2, 0.25) is 0 Å². The molecule has 1 aromatic heterocycles. The lowest BCUT2D eigenvalue weighted by molar-refractivity contribution is -0.139. The van der Waals surface area contributed by atoms with Gasteiger partial charge in [-0.2, -0.15) is 0 Å². The van der Waals surface area contributed by atoms with Crippen LogP contribution in [-0.2, 0) is 11.2 Å². The number of hydrogen-bond donors (Lipinski definition) is 3. The second-order valence-corrected chi connectivity index (χ2v) is 8.34. The fourth-order valence-corrected chi connectivity index (χ4v) is 3.89. The molecule has 1 atom stereocenters. The highest BCUT2D eigenvalue weighted by Gasteiger charge is 2.22. The van der Waals surface area contributed by atoms with E-state index in [1.165, 1.54) is 0 Å². The van der Waals surface area contributed by atoms with Gasteiger partial charge in [-0.15, -0.1) is 0 Å². The predicted molar refractivity (Wildman–Crippen MR) is 135 cm³/mol. The average molecular weight is 468 g/mol. The second-order valence-electron chi connectivity index (χ2n) is 8.34. The smallest absolute Gasteiger partial charge is 0.326 e. The second kappa shape index (κ2) is 10.2. The lowest BCUT2D eigenvalue weighted by Gasteiger charge is -2.16. The van der Waals surface area contributed by atoms with E-state index in [-0.39, 0.29) is 12.3 Å². The van der Waals surface area contributed by atoms with Gasteiger partial charge in [-0.3, -0.25) is 14.6 Å². The van der Waals surface area contributed by atoms with E-state index in [2.05, 4.69) is 15.6 Å². The van der Waals surface area contributed by atoms with Crippen LogP contribution in [0.5, 0.6) is 0 Å². The molecule has 35 heavy (non-hydrogen) atoms. The number of para-hydroxylation sites is 1. The molecule has 1 heterocycles. The number of carbonyl (C=O) groups is 3. The minimum absolute atomic E-state index is 0.106. The van der Waals surface area contributed by atoms with E-state index in [1.807, 2.05) is 44.2 Å². The maximum atomic E-state index is 12.8. The molecule has 0 bridgehead atoms. The van der Waals surface area contributed by atoms with Crippen LogP contribution in [0.15, 0.2) is 79.0 Å². The third-order valence-electron chi connectivity index (χ3n) is 6.00. The highest BCUT2D eigenvalue weighted by atomic mass is 16.4. The lowest BCUT2D eigenvalue weighted by Crippen LogP contribution is -2.42. The van der Waals surface area contributed by atoms with E-state index in [4.69, 9.17) is 0 Å². The number of amides is 2. The fourth-order valence-electron chi connectivity index (χ4n) is 3.89. The van der Waals surface area contributed by atoms with Crippen molar-refractivity contribution in [2.24, 2.45) is 0 Å². The van der Waals surface area contributed by atoms with Crippen LogP contribution in [0, 0.1) is 13.8 Å². The molecule has 2 amide bonds. The Morgan fingerprint density at radius 3 is 2.34 bits per heavy atom. The minimum atomic E-state index is -1.12. The molecule has 0 fully saturated rings. The molecule has 7 heteroatoms. The predicted octanol–water partition coefficient (Wildman–Crippen LogP) is 4.53. The summed E-state index contributed by atoms with van der Waals surface area (Å²) in [7, 11) is 0. The summed E-state index contributed by atoms with van der Waals surface area (Å²) in [5.41, 5.74) is 4.77. The number of benzene rings is 3. The van der Waals surface area contributed by atoms with Crippen LogP contribution in [0.25, 0.3) is 10.9 Å². The van der Waals surface area contributed by atoms with Crippen molar-refractivity contribution in [3.05, 3.63) is 107 Å². The maximum Gasteiger partial charge on any atom is 0.326 e. The monoisotopic (exact) mass is 467 g/mol. The molecule has 0 aliphatic carbocycles. The number of anilines is 1. The summed E-state index contributed by atoms with van der Waals surface area (Å²) in [5, 5.41) is 15.9. The molecule has 4 aromatic rings. The van der Waals surface area contributed by atoms with Crippen LogP contribution in [-0.4, -0.2) is 33.9 Å². The van der Waals surface area contributed by atoms with E-state index < -0.39 is 17.9 Å². The van der Waals surface area contributed by atoms with Crippen LogP contribution < -0.4 is 10.6 Å². The Labute approximate surface area is 202 Å². The van der Waals surface area contributed by atoms with Crippen molar-refractivity contribution < 1.29 is 19.5 Å². The van der Waals surface area contributed by atoms with Gasteiger partial charge < -0.3 is 15.7 Å². The number of hydrogen-bond acceptors (Lipinski definition) is 4. The summed E-state index contributed by atoms with van der Waals surface area (Å²) in [6.07, 6.45) is 1.70. The normalized spacial score (nSPS) is 11.6. The molecular weight excluding hydrogens is 442 g/mol. The van der Waals surface area contributed by atoms with E-state index in [0.717, 1.165) is 22.0 Å². The van der Waals surface area contributed by atoms with Gasteiger partial charge in [0, 0.05) is 29.3 Å². The molecule has 7 nitrogen and oxygen atoms in total. The number of fused-ring (bicyclic) bond motifs is 1. The minimum Gasteiger partial charge on any atom is -0.480 e. The highest BCUT2D eigenvalue weighted by Crippen LogP contribution is 2.19. The first-order valence-electron chi connectivity index (χ1n) is 11.2. The number of rotatable bonds is 7. The molecule has 3 N–H and O–H groups in total. The molecular formula is C28H25N3O4. The van der Waals surface area contributed by atoms with Crippen LogP contribution in [0.3, 0.4) is 0 Å². The summed E-state index contributed by atoms with van der Waals surface area (Å²) in [6, 6.07) is 20.2. The zero-order valence-corrected chi connectivity index (χ0v) is 19.4. The van der Waals surface area contributed by atoms with Crippen LogP contribution in [0.4, 0.5) is 5.69 Å². The quantitative estimate of drug-likeness (QED) is 0.370. The lowest BCUT2D eigenvalue weighted by atomic mass is 10.0. The zero-order valence-electron chi connectivity index (χ0n) is 19.4. The molecule has 4 rings (SSSR count). The molecule has 0 aliphatic heterocycles. The van der Waals surface area contributed by atoms with Gasteiger partial charge in [-0.05, 0) is 60.9 Å². The summed E-state index contributed by atoms with van der Waals surface area (Å²) in [6.45, 7) is 3.74. The summed E-state index contributed by atoms with van der Waals surface area (Å²) in [5.74, 6) is -1.81. The van der Waals surface area contributed by atoms with E-state index in [1.54, 1.807) is 48.7 Å². The summed E-state index contributed by atoms with van der Waals surface area (Å²) < 4.78 is 0. The van der Waals surface area contributed by atoms with Crippen molar-refractivity contribution in [2.75, 3.05) is 5.32 Å². The van der Waals surface area contributed by atoms with Crippen molar-refractivity contribution in [3.63, 3.8) is 0 Å². The van der Waals surface area contributed by atoms with E-state index in [9.17, 15) is 19.5 Å². The molecule has 0 unspecified atom stereocenters. The van der Waals surface area contributed by atoms with Gasteiger partial charge in [0.05, 0.1) is 11.1 Å². The Morgan fingerprint density at radius 1 is 0.857 bits per heavy atom. The van der Waals surface area contributed by atoms with E-state index >= 15 is 0 Å². The molecule has 0 radical (unpaired) electrons. The number of carbonyl (C=O) groups excluding carboxylic acids is 2. The summed E-state index contributed by atoms with van der Waals surface area (Å²) in [4.78, 5) is 41.6. The molecule has 0 saturated heterocycles. The first-order valence-corrected chi connectivity index (χ1v) is 11.2. The Balaban J connectivity index is 1.44. The molecule has 0 aliphatic rings. The standard InChI is InChI=1S/C28H25N3O4/c1-17-6-5-8-21(18(17)2)26(32)31-25(28(34)35)16-19-10-12-20(13-11-19)30-27(33)23-14-15-29-24-9-4-3-7-22(23)24/h3-15,25H,16H2,1-2H3,(H,30,33)(H,31,32)(H,34,35)/t25-/m0/s1. The molecule has 3 aromatic carbocycles. The highest BCUT2D eigenvalue weighted by molar-refractivity contribution is 6.12. The Morgan fingerprint density at radius 2 is 1.60 bits per heavy atom. The topological polar surface area (TPSA) is 108 Å². The van der Waals surface area contributed by atoms with Crippen molar-refractivity contribution in [2.45, 2.75) is 26.3 Å². The third-order valence-corrected chi connectivity index (χ3v) is 6.00. The molecule has 0 spiro atoms. The average Bonchev–Trinajstić information content (AvgIpc) is 2.85. The Hall–Kier alpha value is -4.52. The first-order chi connectivity index (χ1) is 16.8. The van der Waals surface area contributed by atoms with E-state index in [0.29, 0.717) is 22.4 Å². The fraction of sp³-hybridized carbons (Fsp3) is 0.143. The maximum absolute atomic E-state index is 12.8. The Kier molecular flexibility index (Phi) is 6.87. The number of carboxylic acid groups (broad SMARTS) is 1. The van der Waals surface area contributed by atoms with Crippen LogP contribution in [0.1, 0.15) is 37.4 Å². The van der Waals surface area contributed by atoms with Gasteiger partial charge >= 0.3 is 5.97 Å². The third kappa shape index (κ3) is 5.35. The van der Waals surface area contributed by atoms with Gasteiger partial charge in [-0.1, -0.05) is 42.5 Å². The van der Waals surface area contributed by atoms with Crippen molar-refractivity contribution in [1.82, 2.24) is 10.3 Å². The SMILES string of the molecule is Cc1cccc(C(=O)N[C@@H](Cc2ccc(NC(=O)c3ccnc4ccccc34)cc2)C(=O)O)c1C. The van der Waals surface area contributed by atoms with Crippen molar-refractivity contribution >= 4 is 34.4 Å². The van der Waals surface area contributed by atoms with Gasteiger partial charge in [0.25, 0.3) is 11.8 Å². The largest absolute Gasteiger partial charge is 0.480 e. The van der Waals surface area contributed by atoms with Crippen molar-refractivity contribution in [1.29, 1.82) is 0 Å². The number of aromatic nitrogens is 1. The molecule has 176 valence electrons. The number of carboxylic acids is 1.